The van der Waals surface area contributed by atoms with E-state index in [1.165, 1.54) is 0 Å². The molecule has 0 spiro atoms. The topological polar surface area (TPSA) is 38.0 Å². The number of halogens is 4. The second-order valence-electron chi connectivity index (χ2n) is 4.05. The highest BCUT2D eigenvalue weighted by Gasteiger charge is 2.32. The molecule has 0 bridgehead atoms. The van der Waals surface area contributed by atoms with E-state index in [4.69, 9.17) is 0 Å². The van der Waals surface area contributed by atoms with Gasteiger partial charge in [-0.15, -0.1) is 0 Å². The predicted octanol–water partition coefficient (Wildman–Crippen LogP) is 3.71. The molecule has 2 rings (SSSR count). The molecular formula is C12H10BrF3N2O. The first-order chi connectivity index (χ1) is 8.79. The quantitative estimate of drug-likeness (QED) is 0.909. The Balaban J connectivity index is 2.38. The van der Waals surface area contributed by atoms with Gasteiger partial charge in [-0.1, -0.05) is 22.0 Å². The number of aliphatic hydroxyl groups is 1. The Hall–Kier alpha value is -1.34. The van der Waals surface area contributed by atoms with Crippen molar-refractivity contribution >= 4 is 15.9 Å². The molecule has 3 nitrogen and oxygen atoms in total. The van der Waals surface area contributed by atoms with Gasteiger partial charge in [0.05, 0.1) is 23.6 Å². The van der Waals surface area contributed by atoms with Crippen LogP contribution in [0.2, 0.25) is 0 Å². The molecule has 1 aromatic carbocycles. The van der Waals surface area contributed by atoms with E-state index in [0.717, 1.165) is 17.1 Å². The van der Waals surface area contributed by atoms with Crippen molar-refractivity contribution in [3.05, 3.63) is 46.2 Å². The Morgan fingerprint density at radius 2 is 2.05 bits per heavy atom. The second kappa shape index (κ2) is 4.97. The summed E-state index contributed by atoms with van der Waals surface area (Å²) in [5, 5.41) is 13.2. The Bertz CT molecular complexity index is 593. The molecule has 0 aliphatic rings. The third-order valence-electron chi connectivity index (χ3n) is 2.61. The van der Waals surface area contributed by atoms with Crippen molar-refractivity contribution in [1.82, 2.24) is 9.78 Å². The molecule has 0 saturated carbocycles. The molecule has 19 heavy (non-hydrogen) atoms. The van der Waals surface area contributed by atoms with Crippen molar-refractivity contribution in [2.75, 3.05) is 0 Å². The van der Waals surface area contributed by atoms with Gasteiger partial charge in [-0.05, 0) is 24.6 Å². The van der Waals surface area contributed by atoms with Gasteiger partial charge in [-0.25, -0.2) is 4.68 Å². The molecule has 102 valence electrons. The maximum atomic E-state index is 12.5. The van der Waals surface area contributed by atoms with E-state index < -0.39 is 17.8 Å². The Labute approximate surface area is 115 Å². The monoisotopic (exact) mass is 334 g/mol. The van der Waals surface area contributed by atoms with Crippen LogP contribution >= 0.6 is 15.9 Å². The number of hydrogen-bond acceptors (Lipinski definition) is 2. The summed E-state index contributed by atoms with van der Waals surface area (Å²) in [6.45, 7) is 1.61. The van der Waals surface area contributed by atoms with Crippen LogP contribution in [0.15, 0.2) is 35.1 Å². The molecule has 0 aliphatic heterocycles. The van der Waals surface area contributed by atoms with Crippen molar-refractivity contribution in [2.45, 2.75) is 19.2 Å². The van der Waals surface area contributed by atoms with E-state index in [1.807, 2.05) is 0 Å². The summed E-state index contributed by atoms with van der Waals surface area (Å²) in [5.74, 6) is 0. The molecule has 7 heteroatoms. The van der Waals surface area contributed by atoms with Crippen molar-refractivity contribution < 1.29 is 18.3 Å². The van der Waals surface area contributed by atoms with Crippen molar-refractivity contribution in [1.29, 1.82) is 0 Å². The van der Waals surface area contributed by atoms with Crippen LogP contribution in [0.25, 0.3) is 5.69 Å². The van der Waals surface area contributed by atoms with E-state index in [-0.39, 0.29) is 0 Å². The van der Waals surface area contributed by atoms with Crippen LogP contribution in [0.4, 0.5) is 13.2 Å². The lowest BCUT2D eigenvalue weighted by Crippen LogP contribution is -2.03. The summed E-state index contributed by atoms with van der Waals surface area (Å²) in [4.78, 5) is 0. The first-order valence-corrected chi connectivity index (χ1v) is 6.18. The second-order valence-corrected chi connectivity index (χ2v) is 4.91. The lowest BCUT2D eigenvalue weighted by Gasteiger charge is -2.09. The molecule has 1 aromatic heterocycles. The fourth-order valence-corrected chi connectivity index (χ4v) is 2.31. The summed E-state index contributed by atoms with van der Waals surface area (Å²) in [5.41, 5.74) is 0.335. The summed E-state index contributed by atoms with van der Waals surface area (Å²) >= 11 is 3.27. The standard InChI is InChI=1S/C12H10BrF3N2O/c1-7(19)10-3-2-9(4-11(10)13)18-6-8(5-17-18)12(14,15)16/h2-7,19H,1H3. The maximum Gasteiger partial charge on any atom is 0.419 e. The smallest absolute Gasteiger partial charge is 0.389 e. The average molecular weight is 335 g/mol. The lowest BCUT2D eigenvalue weighted by atomic mass is 10.1. The van der Waals surface area contributed by atoms with Crippen LogP contribution in [0, 0.1) is 0 Å². The molecule has 0 radical (unpaired) electrons. The van der Waals surface area contributed by atoms with Gasteiger partial charge in [0.1, 0.15) is 0 Å². The number of aliphatic hydroxyl groups excluding tert-OH is 1. The van der Waals surface area contributed by atoms with Gasteiger partial charge >= 0.3 is 6.18 Å². The molecule has 1 heterocycles. The molecular weight excluding hydrogens is 325 g/mol. The van der Waals surface area contributed by atoms with Gasteiger partial charge in [0.2, 0.25) is 0 Å². The zero-order chi connectivity index (χ0) is 14.2. The SMILES string of the molecule is CC(O)c1ccc(-n2cc(C(F)(F)F)cn2)cc1Br. The minimum atomic E-state index is -4.41. The van der Waals surface area contributed by atoms with Crippen LogP contribution in [0.1, 0.15) is 24.2 Å². The first kappa shape index (κ1) is 14.1. The number of alkyl halides is 3. The third-order valence-corrected chi connectivity index (χ3v) is 3.30. The van der Waals surface area contributed by atoms with Crippen molar-refractivity contribution in [2.24, 2.45) is 0 Å². The van der Waals surface area contributed by atoms with E-state index in [2.05, 4.69) is 21.0 Å². The zero-order valence-corrected chi connectivity index (χ0v) is 11.4. The zero-order valence-electron chi connectivity index (χ0n) is 9.82. The summed E-state index contributed by atoms with van der Waals surface area (Å²) in [6.07, 6.45) is -3.37. The number of benzene rings is 1. The molecule has 0 amide bonds. The van der Waals surface area contributed by atoms with Gasteiger partial charge in [-0.3, -0.25) is 0 Å². The highest BCUT2D eigenvalue weighted by Crippen LogP contribution is 2.30. The summed E-state index contributed by atoms with van der Waals surface area (Å²) < 4.78 is 39.2. The van der Waals surface area contributed by atoms with Crippen LogP contribution in [0.3, 0.4) is 0 Å². The highest BCUT2D eigenvalue weighted by molar-refractivity contribution is 9.10. The van der Waals surface area contributed by atoms with Crippen LogP contribution in [0.5, 0.6) is 0 Å². The Morgan fingerprint density at radius 3 is 2.53 bits per heavy atom. The minimum absolute atomic E-state index is 0.478. The van der Waals surface area contributed by atoms with E-state index in [1.54, 1.807) is 25.1 Å². The predicted molar refractivity (Wildman–Crippen MR) is 66.9 cm³/mol. The molecule has 1 unspecified atom stereocenters. The largest absolute Gasteiger partial charge is 0.419 e. The molecule has 1 N–H and O–H groups in total. The summed E-state index contributed by atoms with van der Waals surface area (Å²) in [7, 11) is 0. The van der Waals surface area contributed by atoms with E-state index in [9.17, 15) is 18.3 Å². The molecule has 1 atom stereocenters. The number of aromatic nitrogens is 2. The summed E-state index contributed by atoms with van der Waals surface area (Å²) in [6, 6.07) is 4.84. The number of hydrogen-bond donors (Lipinski definition) is 1. The fourth-order valence-electron chi connectivity index (χ4n) is 1.61. The lowest BCUT2D eigenvalue weighted by molar-refractivity contribution is -0.137. The average Bonchev–Trinajstić information content (AvgIpc) is 2.76. The van der Waals surface area contributed by atoms with Crippen LogP contribution < -0.4 is 0 Å². The molecule has 2 aromatic rings. The number of rotatable bonds is 2. The van der Waals surface area contributed by atoms with Crippen molar-refractivity contribution in [3.63, 3.8) is 0 Å². The van der Waals surface area contributed by atoms with Crippen LogP contribution in [-0.4, -0.2) is 14.9 Å². The fraction of sp³-hybridized carbons (Fsp3) is 0.250. The minimum Gasteiger partial charge on any atom is -0.389 e. The maximum absolute atomic E-state index is 12.5. The molecule has 0 saturated heterocycles. The first-order valence-electron chi connectivity index (χ1n) is 5.39. The highest BCUT2D eigenvalue weighted by atomic mass is 79.9. The van der Waals surface area contributed by atoms with Gasteiger partial charge in [0.15, 0.2) is 0 Å². The normalized spacial score (nSPS) is 13.6. The van der Waals surface area contributed by atoms with Gasteiger partial charge < -0.3 is 5.11 Å². The Kier molecular flexibility index (Phi) is 3.69. The number of nitrogens with zero attached hydrogens (tertiary/aromatic N) is 2. The van der Waals surface area contributed by atoms with E-state index in [0.29, 0.717) is 15.7 Å². The molecule has 0 aliphatic carbocycles. The molecule has 0 fully saturated rings. The van der Waals surface area contributed by atoms with Crippen LogP contribution in [-0.2, 0) is 6.18 Å². The van der Waals surface area contributed by atoms with Gasteiger partial charge in [-0.2, -0.15) is 18.3 Å². The third kappa shape index (κ3) is 2.98. The van der Waals surface area contributed by atoms with E-state index >= 15 is 0 Å². The van der Waals surface area contributed by atoms with Gasteiger partial charge in [0.25, 0.3) is 0 Å². The Morgan fingerprint density at radius 1 is 1.37 bits per heavy atom. The van der Waals surface area contributed by atoms with Gasteiger partial charge in [0, 0.05) is 10.7 Å². The van der Waals surface area contributed by atoms with Crippen molar-refractivity contribution in [3.8, 4) is 5.69 Å².